The SMILES string of the molecule is CC(C)(C)NCc1ncnn1-c1cccc(C#N)c1. The fourth-order valence-electron chi connectivity index (χ4n) is 1.65. The van der Waals surface area contributed by atoms with Crippen LogP contribution in [-0.2, 0) is 6.54 Å². The monoisotopic (exact) mass is 255 g/mol. The molecule has 1 aromatic carbocycles. The molecule has 0 spiro atoms. The second-order valence-corrected chi connectivity index (χ2v) is 5.35. The van der Waals surface area contributed by atoms with Gasteiger partial charge in [0.25, 0.3) is 0 Å². The Morgan fingerprint density at radius 3 is 2.84 bits per heavy atom. The lowest BCUT2D eigenvalue weighted by Gasteiger charge is -2.20. The standard InChI is InChI=1S/C14H17N5/c1-14(2,3)17-9-13-16-10-18-19(13)12-6-4-5-11(7-12)8-15/h4-7,10,17H,9H2,1-3H3. The molecule has 0 saturated heterocycles. The summed E-state index contributed by atoms with van der Waals surface area (Å²) >= 11 is 0. The predicted octanol–water partition coefficient (Wildman–Crippen LogP) is 2.03. The van der Waals surface area contributed by atoms with Gasteiger partial charge in [-0.15, -0.1) is 0 Å². The fourth-order valence-corrected chi connectivity index (χ4v) is 1.65. The normalized spacial score (nSPS) is 11.3. The number of hydrogen-bond donors (Lipinski definition) is 1. The highest BCUT2D eigenvalue weighted by Crippen LogP contribution is 2.11. The second-order valence-electron chi connectivity index (χ2n) is 5.35. The number of rotatable bonds is 3. The second kappa shape index (κ2) is 5.21. The third-order valence-electron chi connectivity index (χ3n) is 2.62. The number of hydrogen-bond acceptors (Lipinski definition) is 4. The van der Waals surface area contributed by atoms with E-state index in [1.807, 2.05) is 12.1 Å². The fraction of sp³-hybridized carbons (Fsp3) is 0.357. The minimum Gasteiger partial charge on any atom is -0.305 e. The predicted molar refractivity (Wildman–Crippen MR) is 72.7 cm³/mol. The molecule has 0 fully saturated rings. The van der Waals surface area contributed by atoms with Gasteiger partial charge in [0.2, 0.25) is 0 Å². The molecule has 0 aliphatic heterocycles. The van der Waals surface area contributed by atoms with Gasteiger partial charge in [-0.05, 0) is 39.0 Å². The van der Waals surface area contributed by atoms with E-state index in [4.69, 9.17) is 5.26 Å². The maximum Gasteiger partial charge on any atom is 0.146 e. The van der Waals surface area contributed by atoms with Crippen molar-refractivity contribution < 1.29 is 0 Å². The van der Waals surface area contributed by atoms with E-state index in [9.17, 15) is 0 Å². The first kappa shape index (κ1) is 13.2. The summed E-state index contributed by atoms with van der Waals surface area (Å²) in [5.74, 6) is 0.824. The van der Waals surface area contributed by atoms with E-state index < -0.39 is 0 Å². The Morgan fingerprint density at radius 2 is 2.16 bits per heavy atom. The zero-order valence-corrected chi connectivity index (χ0v) is 11.4. The number of benzene rings is 1. The van der Waals surface area contributed by atoms with E-state index in [1.54, 1.807) is 16.8 Å². The minimum absolute atomic E-state index is 0.0191. The summed E-state index contributed by atoms with van der Waals surface area (Å²) in [6.45, 7) is 6.93. The molecule has 0 amide bonds. The summed E-state index contributed by atoms with van der Waals surface area (Å²) in [6.07, 6.45) is 1.53. The molecular weight excluding hydrogens is 238 g/mol. The molecule has 0 unspecified atom stereocenters. The van der Waals surface area contributed by atoms with Crippen LogP contribution in [0.4, 0.5) is 0 Å². The van der Waals surface area contributed by atoms with Crippen molar-refractivity contribution in [2.75, 3.05) is 0 Å². The zero-order valence-electron chi connectivity index (χ0n) is 11.4. The van der Waals surface area contributed by atoms with Crippen LogP contribution in [0.3, 0.4) is 0 Å². The van der Waals surface area contributed by atoms with Gasteiger partial charge in [-0.3, -0.25) is 0 Å². The van der Waals surface area contributed by atoms with E-state index in [2.05, 4.69) is 42.2 Å². The molecule has 19 heavy (non-hydrogen) atoms. The number of nitriles is 1. The third kappa shape index (κ3) is 3.39. The van der Waals surface area contributed by atoms with Crippen LogP contribution in [0.5, 0.6) is 0 Å². The van der Waals surface area contributed by atoms with Crippen LogP contribution in [0.15, 0.2) is 30.6 Å². The first-order valence-corrected chi connectivity index (χ1v) is 6.14. The van der Waals surface area contributed by atoms with Gasteiger partial charge in [-0.25, -0.2) is 9.67 Å². The highest BCUT2D eigenvalue weighted by atomic mass is 15.3. The number of nitrogens with one attached hydrogen (secondary N) is 1. The van der Waals surface area contributed by atoms with Crippen molar-refractivity contribution in [2.45, 2.75) is 32.9 Å². The van der Waals surface area contributed by atoms with Crippen molar-refractivity contribution in [2.24, 2.45) is 0 Å². The molecule has 0 aliphatic rings. The topological polar surface area (TPSA) is 66.5 Å². The summed E-state index contributed by atoms with van der Waals surface area (Å²) in [4.78, 5) is 4.26. The van der Waals surface area contributed by atoms with Crippen LogP contribution in [0.2, 0.25) is 0 Å². The number of nitrogens with zero attached hydrogens (tertiary/aromatic N) is 4. The van der Waals surface area contributed by atoms with E-state index in [1.165, 1.54) is 6.33 Å². The Bertz CT molecular complexity index is 601. The van der Waals surface area contributed by atoms with Crippen LogP contribution in [-0.4, -0.2) is 20.3 Å². The van der Waals surface area contributed by atoms with Gasteiger partial charge in [0, 0.05) is 5.54 Å². The largest absolute Gasteiger partial charge is 0.305 e. The van der Waals surface area contributed by atoms with Crippen molar-refractivity contribution in [3.8, 4) is 11.8 Å². The maximum absolute atomic E-state index is 8.93. The van der Waals surface area contributed by atoms with E-state index in [0.29, 0.717) is 12.1 Å². The van der Waals surface area contributed by atoms with Gasteiger partial charge in [0.15, 0.2) is 0 Å². The summed E-state index contributed by atoms with van der Waals surface area (Å²) < 4.78 is 1.75. The average Bonchev–Trinajstić information content (AvgIpc) is 2.84. The first-order chi connectivity index (χ1) is 8.99. The molecule has 1 heterocycles. The lowest BCUT2D eigenvalue weighted by Crippen LogP contribution is -2.35. The average molecular weight is 255 g/mol. The van der Waals surface area contributed by atoms with E-state index in [0.717, 1.165) is 11.5 Å². The van der Waals surface area contributed by atoms with Crippen LogP contribution < -0.4 is 5.32 Å². The molecule has 0 radical (unpaired) electrons. The van der Waals surface area contributed by atoms with Crippen LogP contribution in [0.1, 0.15) is 32.2 Å². The molecule has 0 saturated carbocycles. The molecule has 5 nitrogen and oxygen atoms in total. The Morgan fingerprint density at radius 1 is 1.37 bits per heavy atom. The zero-order chi connectivity index (χ0) is 13.9. The third-order valence-corrected chi connectivity index (χ3v) is 2.62. The lowest BCUT2D eigenvalue weighted by atomic mass is 10.1. The van der Waals surface area contributed by atoms with Crippen molar-refractivity contribution in [1.29, 1.82) is 5.26 Å². The van der Waals surface area contributed by atoms with Gasteiger partial charge in [-0.2, -0.15) is 10.4 Å². The van der Waals surface area contributed by atoms with Crippen LogP contribution >= 0.6 is 0 Å². The Kier molecular flexibility index (Phi) is 3.63. The van der Waals surface area contributed by atoms with Crippen LogP contribution in [0, 0.1) is 11.3 Å². The first-order valence-electron chi connectivity index (χ1n) is 6.14. The molecule has 1 N–H and O–H groups in total. The summed E-state index contributed by atoms with van der Waals surface area (Å²) in [5.41, 5.74) is 1.48. The highest BCUT2D eigenvalue weighted by Gasteiger charge is 2.12. The summed E-state index contributed by atoms with van der Waals surface area (Å²) in [6, 6.07) is 9.46. The quantitative estimate of drug-likeness (QED) is 0.911. The minimum atomic E-state index is 0.0191. The molecular formula is C14H17N5. The van der Waals surface area contributed by atoms with E-state index >= 15 is 0 Å². The lowest BCUT2D eigenvalue weighted by molar-refractivity contribution is 0.415. The van der Waals surface area contributed by atoms with Crippen molar-refractivity contribution in [3.63, 3.8) is 0 Å². The van der Waals surface area contributed by atoms with Gasteiger partial charge < -0.3 is 5.32 Å². The molecule has 0 atom stereocenters. The van der Waals surface area contributed by atoms with Gasteiger partial charge >= 0.3 is 0 Å². The van der Waals surface area contributed by atoms with Crippen molar-refractivity contribution >= 4 is 0 Å². The van der Waals surface area contributed by atoms with Gasteiger partial charge in [-0.1, -0.05) is 6.07 Å². The summed E-state index contributed by atoms with van der Waals surface area (Å²) in [7, 11) is 0. The number of aromatic nitrogens is 3. The summed E-state index contributed by atoms with van der Waals surface area (Å²) in [5, 5.41) is 16.5. The van der Waals surface area contributed by atoms with Crippen molar-refractivity contribution in [3.05, 3.63) is 42.0 Å². The van der Waals surface area contributed by atoms with Gasteiger partial charge in [0.1, 0.15) is 12.2 Å². The molecule has 0 bridgehead atoms. The molecule has 2 rings (SSSR count). The molecule has 2 aromatic rings. The maximum atomic E-state index is 8.93. The Labute approximate surface area is 112 Å². The van der Waals surface area contributed by atoms with Crippen LogP contribution in [0.25, 0.3) is 5.69 Å². The van der Waals surface area contributed by atoms with Crippen molar-refractivity contribution in [1.82, 2.24) is 20.1 Å². The molecule has 5 heteroatoms. The van der Waals surface area contributed by atoms with E-state index in [-0.39, 0.29) is 5.54 Å². The molecule has 0 aliphatic carbocycles. The molecule has 98 valence electrons. The van der Waals surface area contributed by atoms with Gasteiger partial charge in [0.05, 0.1) is 23.9 Å². The Balaban J connectivity index is 2.26. The smallest absolute Gasteiger partial charge is 0.146 e. The Hall–Kier alpha value is -2.19. The highest BCUT2D eigenvalue weighted by molar-refractivity contribution is 5.41. The molecule has 1 aromatic heterocycles.